The van der Waals surface area contributed by atoms with Crippen molar-refractivity contribution in [2.75, 3.05) is 7.11 Å². The highest BCUT2D eigenvalue weighted by Gasteiger charge is 2.20. The maximum Gasteiger partial charge on any atom is 0.308 e. The molecular formula is C10H12O6. The highest BCUT2D eigenvalue weighted by molar-refractivity contribution is 5.70. The first-order valence-electron chi connectivity index (χ1n) is 4.46. The maximum atomic E-state index is 10.9. The number of rotatable bonds is 3. The van der Waals surface area contributed by atoms with Crippen LogP contribution in [0.1, 0.15) is 18.1 Å². The van der Waals surface area contributed by atoms with E-state index in [4.69, 9.17) is 5.11 Å². The lowest BCUT2D eigenvalue weighted by molar-refractivity contribution is -0.142. The summed E-state index contributed by atoms with van der Waals surface area (Å²) >= 11 is 0. The Morgan fingerprint density at radius 3 is 2.50 bits per heavy atom. The zero-order valence-electron chi connectivity index (χ0n) is 8.54. The van der Waals surface area contributed by atoms with Gasteiger partial charge in [0.25, 0.3) is 0 Å². The fourth-order valence-corrected chi connectivity index (χ4v) is 1.20. The SMILES string of the molecule is COC(=O)C[C@H](O)c1ccc(O)c(O)c1O. The van der Waals surface area contributed by atoms with Crippen LogP contribution in [0.2, 0.25) is 0 Å². The van der Waals surface area contributed by atoms with Crippen LogP contribution in [-0.4, -0.2) is 33.5 Å². The van der Waals surface area contributed by atoms with Crippen LogP contribution in [0.5, 0.6) is 17.2 Å². The molecule has 0 fully saturated rings. The molecule has 0 heterocycles. The molecule has 0 bridgehead atoms. The molecule has 6 heteroatoms. The second kappa shape index (κ2) is 4.71. The van der Waals surface area contributed by atoms with Gasteiger partial charge in [0.05, 0.1) is 19.6 Å². The van der Waals surface area contributed by atoms with Crippen molar-refractivity contribution in [1.29, 1.82) is 0 Å². The molecule has 0 aliphatic carbocycles. The fraction of sp³-hybridized carbons (Fsp3) is 0.300. The summed E-state index contributed by atoms with van der Waals surface area (Å²) in [6, 6.07) is 2.31. The summed E-state index contributed by atoms with van der Waals surface area (Å²) < 4.78 is 4.34. The summed E-state index contributed by atoms with van der Waals surface area (Å²) in [5.41, 5.74) is -0.0549. The predicted molar refractivity (Wildman–Crippen MR) is 53.0 cm³/mol. The van der Waals surface area contributed by atoms with Gasteiger partial charge in [-0.05, 0) is 12.1 Å². The highest BCUT2D eigenvalue weighted by Crippen LogP contribution is 2.40. The molecule has 1 aromatic carbocycles. The van der Waals surface area contributed by atoms with Gasteiger partial charge >= 0.3 is 5.97 Å². The summed E-state index contributed by atoms with van der Waals surface area (Å²) in [4.78, 5) is 10.9. The minimum Gasteiger partial charge on any atom is -0.504 e. The van der Waals surface area contributed by atoms with Gasteiger partial charge in [0.15, 0.2) is 11.5 Å². The van der Waals surface area contributed by atoms with Crippen LogP contribution in [0.3, 0.4) is 0 Å². The van der Waals surface area contributed by atoms with Crippen molar-refractivity contribution >= 4 is 5.97 Å². The zero-order valence-corrected chi connectivity index (χ0v) is 8.54. The van der Waals surface area contributed by atoms with Gasteiger partial charge in [-0.25, -0.2) is 0 Å². The molecule has 0 aromatic heterocycles. The quantitative estimate of drug-likeness (QED) is 0.440. The number of aliphatic hydroxyl groups is 1. The van der Waals surface area contributed by atoms with Crippen molar-refractivity contribution in [3.05, 3.63) is 17.7 Å². The monoisotopic (exact) mass is 228 g/mol. The Labute approximate surface area is 91.3 Å². The molecule has 4 N–H and O–H groups in total. The fourth-order valence-electron chi connectivity index (χ4n) is 1.20. The second-order valence-electron chi connectivity index (χ2n) is 3.17. The number of phenolic OH excluding ortho intramolecular Hbond substituents is 3. The smallest absolute Gasteiger partial charge is 0.308 e. The minimum atomic E-state index is -1.31. The van der Waals surface area contributed by atoms with Gasteiger partial charge in [-0.3, -0.25) is 4.79 Å². The summed E-state index contributed by atoms with van der Waals surface area (Å²) in [5, 5.41) is 37.2. The molecule has 88 valence electrons. The molecular weight excluding hydrogens is 216 g/mol. The van der Waals surface area contributed by atoms with Crippen molar-refractivity contribution in [1.82, 2.24) is 0 Å². The molecule has 1 atom stereocenters. The van der Waals surface area contributed by atoms with E-state index in [2.05, 4.69) is 4.74 Å². The highest BCUT2D eigenvalue weighted by atomic mass is 16.5. The Morgan fingerprint density at radius 1 is 1.31 bits per heavy atom. The number of carbonyl (C=O) groups is 1. The molecule has 1 rings (SSSR count). The topological polar surface area (TPSA) is 107 Å². The molecule has 0 saturated heterocycles. The van der Waals surface area contributed by atoms with E-state index < -0.39 is 29.3 Å². The van der Waals surface area contributed by atoms with E-state index in [0.717, 1.165) is 6.07 Å². The van der Waals surface area contributed by atoms with Crippen molar-refractivity contribution in [2.24, 2.45) is 0 Å². The molecule has 16 heavy (non-hydrogen) atoms. The van der Waals surface area contributed by atoms with E-state index in [0.29, 0.717) is 0 Å². The van der Waals surface area contributed by atoms with Crippen LogP contribution < -0.4 is 0 Å². The Hall–Kier alpha value is -1.95. The van der Waals surface area contributed by atoms with Crippen molar-refractivity contribution in [3.8, 4) is 17.2 Å². The third kappa shape index (κ3) is 2.34. The van der Waals surface area contributed by atoms with Gasteiger partial charge in [0.2, 0.25) is 5.75 Å². The number of hydrogen-bond acceptors (Lipinski definition) is 6. The molecule has 0 saturated carbocycles. The zero-order chi connectivity index (χ0) is 12.3. The van der Waals surface area contributed by atoms with Crippen LogP contribution in [-0.2, 0) is 9.53 Å². The van der Waals surface area contributed by atoms with Crippen molar-refractivity contribution in [3.63, 3.8) is 0 Å². The van der Waals surface area contributed by atoms with Crippen LogP contribution in [0.15, 0.2) is 12.1 Å². The van der Waals surface area contributed by atoms with Gasteiger partial charge in [0, 0.05) is 5.56 Å². The molecule has 0 aliphatic heterocycles. The summed E-state index contributed by atoms with van der Waals surface area (Å²) in [5.74, 6) is -2.55. The van der Waals surface area contributed by atoms with Crippen LogP contribution in [0.4, 0.5) is 0 Å². The third-order valence-electron chi connectivity index (χ3n) is 2.11. The lowest BCUT2D eigenvalue weighted by Crippen LogP contribution is -2.08. The van der Waals surface area contributed by atoms with Gasteiger partial charge in [-0.1, -0.05) is 0 Å². The number of esters is 1. The van der Waals surface area contributed by atoms with Crippen LogP contribution in [0.25, 0.3) is 0 Å². The van der Waals surface area contributed by atoms with E-state index >= 15 is 0 Å². The number of phenols is 3. The average molecular weight is 228 g/mol. The molecule has 1 aromatic rings. The predicted octanol–water partition coefficient (Wildman–Crippen LogP) is 0.400. The Bertz CT molecular complexity index is 401. The summed E-state index contributed by atoms with van der Waals surface area (Å²) in [6.07, 6.45) is -1.66. The van der Waals surface area contributed by atoms with Gasteiger partial charge in [-0.15, -0.1) is 0 Å². The lowest BCUT2D eigenvalue weighted by Gasteiger charge is -2.12. The molecule has 0 unspecified atom stereocenters. The molecule has 6 nitrogen and oxygen atoms in total. The van der Waals surface area contributed by atoms with E-state index in [-0.39, 0.29) is 12.0 Å². The van der Waals surface area contributed by atoms with Crippen molar-refractivity contribution in [2.45, 2.75) is 12.5 Å². The Morgan fingerprint density at radius 2 is 1.94 bits per heavy atom. The Balaban J connectivity index is 2.96. The second-order valence-corrected chi connectivity index (χ2v) is 3.17. The van der Waals surface area contributed by atoms with Gasteiger partial charge < -0.3 is 25.2 Å². The first-order chi connectivity index (χ1) is 7.47. The molecule has 0 radical (unpaired) electrons. The summed E-state index contributed by atoms with van der Waals surface area (Å²) in [6.45, 7) is 0. The number of aromatic hydroxyl groups is 3. The van der Waals surface area contributed by atoms with Crippen LogP contribution >= 0.6 is 0 Å². The number of methoxy groups -OCH3 is 1. The number of ether oxygens (including phenoxy) is 1. The first kappa shape index (κ1) is 12.1. The third-order valence-corrected chi connectivity index (χ3v) is 2.11. The normalized spacial score (nSPS) is 12.1. The standard InChI is InChI=1S/C10H12O6/c1-16-8(13)4-7(12)5-2-3-6(11)10(15)9(5)14/h2-3,7,11-12,14-15H,4H2,1H3/t7-/m0/s1. The summed E-state index contributed by atoms with van der Waals surface area (Å²) in [7, 11) is 1.17. The average Bonchev–Trinajstić information content (AvgIpc) is 2.25. The van der Waals surface area contributed by atoms with E-state index in [1.54, 1.807) is 0 Å². The molecule has 0 aliphatic rings. The molecule has 0 amide bonds. The maximum absolute atomic E-state index is 10.9. The first-order valence-corrected chi connectivity index (χ1v) is 4.46. The van der Waals surface area contributed by atoms with E-state index in [1.165, 1.54) is 13.2 Å². The number of benzene rings is 1. The van der Waals surface area contributed by atoms with E-state index in [9.17, 15) is 20.1 Å². The van der Waals surface area contributed by atoms with Crippen molar-refractivity contribution < 1.29 is 30.0 Å². The number of carbonyl (C=O) groups excluding carboxylic acids is 1. The van der Waals surface area contributed by atoms with Gasteiger partial charge in [0.1, 0.15) is 0 Å². The number of aliphatic hydroxyl groups excluding tert-OH is 1. The van der Waals surface area contributed by atoms with E-state index in [1.807, 2.05) is 0 Å². The minimum absolute atomic E-state index is 0.0549. The number of hydrogen-bond donors (Lipinski definition) is 4. The molecule has 0 spiro atoms. The van der Waals surface area contributed by atoms with Gasteiger partial charge in [-0.2, -0.15) is 0 Å². The van der Waals surface area contributed by atoms with Crippen LogP contribution in [0, 0.1) is 0 Å². The lowest BCUT2D eigenvalue weighted by atomic mass is 10.0. The Kier molecular flexibility index (Phi) is 3.57. The largest absolute Gasteiger partial charge is 0.504 e.